The van der Waals surface area contributed by atoms with Gasteiger partial charge in [-0.15, -0.1) is 23.5 Å². The predicted octanol–water partition coefficient (Wildman–Crippen LogP) is 3.55. The van der Waals surface area contributed by atoms with E-state index >= 15 is 0 Å². The summed E-state index contributed by atoms with van der Waals surface area (Å²) in [6.07, 6.45) is 0.830. The van der Waals surface area contributed by atoms with Crippen LogP contribution < -0.4 is 0 Å². The van der Waals surface area contributed by atoms with E-state index in [9.17, 15) is 4.79 Å². The molecule has 0 unspecified atom stereocenters. The van der Waals surface area contributed by atoms with Crippen molar-refractivity contribution in [1.29, 1.82) is 0 Å². The second-order valence-electron chi connectivity index (χ2n) is 3.56. The van der Waals surface area contributed by atoms with Crippen LogP contribution in [-0.4, -0.2) is 24.1 Å². The number of carbonyl (C=O) groups excluding carboxylic acids is 1. The van der Waals surface area contributed by atoms with E-state index in [1.807, 2.05) is 41.7 Å². The van der Waals surface area contributed by atoms with Gasteiger partial charge in [0.15, 0.2) is 0 Å². The molecule has 0 aromatic heterocycles. The van der Waals surface area contributed by atoms with E-state index in [0.29, 0.717) is 12.2 Å². The number of thioether (sulfide) groups is 2. The second-order valence-corrected chi connectivity index (χ2v) is 5.75. The van der Waals surface area contributed by atoms with E-state index < -0.39 is 0 Å². The minimum Gasteiger partial charge on any atom is -0.462 e. The third kappa shape index (κ3) is 4.13. The molecular formula is C13H14O2S2. The lowest BCUT2D eigenvalue weighted by Crippen LogP contribution is -2.07. The van der Waals surface area contributed by atoms with Gasteiger partial charge >= 0.3 is 5.97 Å². The first-order valence-corrected chi connectivity index (χ1v) is 7.55. The Hall–Kier alpha value is -0.870. The van der Waals surface area contributed by atoms with Crippen LogP contribution in [0.1, 0.15) is 16.8 Å². The highest BCUT2D eigenvalue weighted by atomic mass is 32.2. The summed E-state index contributed by atoms with van der Waals surface area (Å²) < 4.78 is 5.23. The largest absolute Gasteiger partial charge is 0.462 e. The number of hydrogen-bond acceptors (Lipinski definition) is 4. The third-order valence-electron chi connectivity index (χ3n) is 2.29. The van der Waals surface area contributed by atoms with Crippen molar-refractivity contribution in [3.8, 4) is 0 Å². The van der Waals surface area contributed by atoms with Crippen molar-refractivity contribution in [2.75, 3.05) is 18.1 Å². The molecule has 90 valence electrons. The molecule has 0 atom stereocenters. The molecule has 0 spiro atoms. The molecule has 4 heteroatoms. The van der Waals surface area contributed by atoms with Gasteiger partial charge in [0.05, 0.1) is 12.2 Å². The monoisotopic (exact) mass is 266 g/mol. The van der Waals surface area contributed by atoms with Gasteiger partial charge in [0.2, 0.25) is 0 Å². The molecule has 0 saturated heterocycles. The van der Waals surface area contributed by atoms with E-state index in [1.165, 1.54) is 10.7 Å². The van der Waals surface area contributed by atoms with Crippen molar-refractivity contribution in [2.24, 2.45) is 0 Å². The van der Waals surface area contributed by atoms with E-state index in [4.69, 9.17) is 4.74 Å². The van der Waals surface area contributed by atoms with Crippen molar-refractivity contribution in [1.82, 2.24) is 0 Å². The van der Waals surface area contributed by atoms with Gasteiger partial charge in [-0.3, -0.25) is 0 Å². The summed E-state index contributed by atoms with van der Waals surface area (Å²) in [4.78, 5) is 13.0. The second kappa shape index (κ2) is 6.77. The van der Waals surface area contributed by atoms with Crippen molar-refractivity contribution >= 4 is 29.5 Å². The molecule has 1 aliphatic heterocycles. The highest BCUT2D eigenvalue weighted by molar-refractivity contribution is 8.09. The molecule has 1 aromatic carbocycles. The number of esters is 1. The zero-order valence-corrected chi connectivity index (χ0v) is 11.1. The summed E-state index contributed by atoms with van der Waals surface area (Å²) in [5, 5.41) is 2.17. The summed E-state index contributed by atoms with van der Waals surface area (Å²) in [6.45, 7) is 0.465. The minimum atomic E-state index is -0.236. The number of carbonyl (C=O) groups is 1. The van der Waals surface area contributed by atoms with Crippen molar-refractivity contribution in [3.05, 3.63) is 46.2 Å². The van der Waals surface area contributed by atoms with Crippen molar-refractivity contribution in [2.45, 2.75) is 6.42 Å². The minimum absolute atomic E-state index is 0.236. The van der Waals surface area contributed by atoms with Crippen LogP contribution in [0.15, 0.2) is 40.6 Å². The van der Waals surface area contributed by atoms with Gasteiger partial charge in [-0.05, 0) is 22.4 Å². The first kappa shape index (κ1) is 12.6. The Labute approximate surface area is 110 Å². The molecule has 0 amide bonds. The van der Waals surface area contributed by atoms with Gasteiger partial charge in [0.25, 0.3) is 0 Å². The lowest BCUT2D eigenvalue weighted by Gasteiger charge is -2.11. The van der Waals surface area contributed by atoms with Gasteiger partial charge in [-0.1, -0.05) is 18.2 Å². The predicted molar refractivity (Wildman–Crippen MR) is 74.3 cm³/mol. The maximum Gasteiger partial charge on any atom is 0.338 e. The van der Waals surface area contributed by atoms with Crippen LogP contribution in [0, 0.1) is 0 Å². The SMILES string of the molecule is O=C(OCCC1=CSCCS1)c1ccccc1. The molecule has 0 bridgehead atoms. The fraction of sp³-hybridized carbons (Fsp3) is 0.308. The van der Waals surface area contributed by atoms with Gasteiger partial charge < -0.3 is 4.74 Å². The number of rotatable bonds is 4. The molecule has 1 aliphatic rings. The number of hydrogen-bond donors (Lipinski definition) is 0. The summed E-state index contributed by atoms with van der Waals surface area (Å²) in [5.74, 6) is 2.10. The summed E-state index contributed by atoms with van der Waals surface area (Å²) in [7, 11) is 0. The summed E-state index contributed by atoms with van der Waals surface area (Å²) >= 11 is 3.69. The van der Waals surface area contributed by atoms with Crippen LogP contribution in [0.25, 0.3) is 0 Å². The van der Waals surface area contributed by atoms with Crippen molar-refractivity contribution < 1.29 is 9.53 Å². The standard InChI is InChI=1S/C13H14O2S2/c14-13(11-4-2-1-3-5-11)15-7-6-12-10-16-8-9-17-12/h1-5,10H,6-9H2. The van der Waals surface area contributed by atoms with E-state index in [2.05, 4.69) is 5.41 Å². The Kier molecular flexibility index (Phi) is 5.01. The molecule has 0 fully saturated rings. The molecular weight excluding hydrogens is 252 g/mol. The highest BCUT2D eigenvalue weighted by Gasteiger charge is 2.08. The van der Waals surface area contributed by atoms with Crippen molar-refractivity contribution in [3.63, 3.8) is 0 Å². The molecule has 1 heterocycles. The van der Waals surface area contributed by atoms with Crippen LogP contribution in [-0.2, 0) is 4.74 Å². The Bertz CT molecular complexity index is 401. The third-order valence-corrected chi connectivity index (χ3v) is 4.69. The Morgan fingerprint density at radius 1 is 1.24 bits per heavy atom. The summed E-state index contributed by atoms with van der Waals surface area (Å²) in [5.41, 5.74) is 0.618. The topological polar surface area (TPSA) is 26.3 Å². The van der Waals surface area contributed by atoms with Crippen LogP contribution >= 0.6 is 23.5 Å². The molecule has 0 radical (unpaired) electrons. The Morgan fingerprint density at radius 3 is 2.76 bits per heavy atom. The van der Waals surface area contributed by atoms with E-state index in [1.54, 1.807) is 12.1 Å². The van der Waals surface area contributed by atoms with Gasteiger partial charge in [0, 0.05) is 17.9 Å². The first-order valence-electron chi connectivity index (χ1n) is 5.52. The molecule has 0 aliphatic carbocycles. The van der Waals surface area contributed by atoms with Crippen LogP contribution in [0.5, 0.6) is 0 Å². The molecule has 2 nitrogen and oxygen atoms in total. The Balaban J connectivity index is 1.75. The lowest BCUT2D eigenvalue weighted by atomic mass is 10.2. The molecule has 0 N–H and O–H groups in total. The number of benzene rings is 1. The van der Waals surface area contributed by atoms with Gasteiger partial charge in [-0.2, -0.15) is 0 Å². The van der Waals surface area contributed by atoms with E-state index in [0.717, 1.165) is 12.2 Å². The van der Waals surface area contributed by atoms with E-state index in [-0.39, 0.29) is 5.97 Å². The Morgan fingerprint density at radius 2 is 2.06 bits per heavy atom. The smallest absolute Gasteiger partial charge is 0.338 e. The first-order chi connectivity index (χ1) is 8.36. The normalized spacial score (nSPS) is 15.2. The summed E-state index contributed by atoms with van der Waals surface area (Å²) in [6, 6.07) is 9.11. The molecule has 0 saturated carbocycles. The number of ether oxygens (including phenoxy) is 1. The quantitative estimate of drug-likeness (QED) is 0.778. The highest BCUT2D eigenvalue weighted by Crippen LogP contribution is 2.28. The van der Waals surface area contributed by atoms with Gasteiger partial charge in [0.1, 0.15) is 0 Å². The van der Waals surface area contributed by atoms with Gasteiger partial charge in [-0.25, -0.2) is 4.79 Å². The lowest BCUT2D eigenvalue weighted by molar-refractivity contribution is 0.0511. The average Bonchev–Trinajstić information content (AvgIpc) is 2.41. The van der Waals surface area contributed by atoms with Crippen LogP contribution in [0.2, 0.25) is 0 Å². The zero-order chi connectivity index (χ0) is 11.9. The zero-order valence-electron chi connectivity index (χ0n) is 9.43. The molecule has 2 rings (SSSR count). The fourth-order valence-corrected chi connectivity index (χ4v) is 3.55. The fourth-order valence-electron chi connectivity index (χ4n) is 1.44. The average molecular weight is 266 g/mol. The maximum atomic E-state index is 11.6. The van der Waals surface area contributed by atoms with Crippen LogP contribution in [0.4, 0.5) is 0 Å². The molecule has 17 heavy (non-hydrogen) atoms. The van der Waals surface area contributed by atoms with Crippen LogP contribution in [0.3, 0.4) is 0 Å². The molecule has 1 aromatic rings. The maximum absolute atomic E-state index is 11.6.